The van der Waals surface area contributed by atoms with E-state index in [1.165, 1.54) is 6.08 Å². The second-order valence-corrected chi connectivity index (χ2v) is 5.18. The molecule has 0 aromatic carbocycles. The summed E-state index contributed by atoms with van der Waals surface area (Å²) in [5.74, 6) is -2.03. The minimum atomic E-state index is -4.97. The summed E-state index contributed by atoms with van der Waals surface area (Å²) in [6, 6.07) is 0. The zero-order valence-corrected chi connectivity index (χ0v) is 13.1. The zero-order chi connectivity index (χ0) is 17.6. The van der Waals surface area contributed by atoms with E-state index in [0.717, 1.165) is 44.7 Å². The van der Waals surface area contributed by atoms with Crippen LogP contribution in [0.1, 0.15) is 64.2 Å². The maximum Gasteiger partial charge on any atom is 0.491 e. The highest BCUT2D eigenvalue weighted by Crippen LogP contribution is 2.16. The number of rotatable bonds is 13. The van der Waals surface area contributed by atoms with Crippen molar-refractivity contribution in [1.29, 1.82) is 0 Å². The molecule has 7 heteroatoms. The molecule has 0 radical (unpaired) electrons. The highest BCUT2D eigenvalue weighted by Gasteiger charge is 2.40. The van der Waals surface area contributed by atoms with Crippen LogP contribution in [-0.4, -0.2) is 24.2 Å². The van der Waals surface area contributed by atoms with Crippen LogP contribution < -0.4 is 0 Å². The summed E-state index contributed by atoms with van der Waals surface area (Å²) >= 11 is 0. The lowest BCUT2D eigenvalue weighted by Gasteiger charge is -2.02. The number of allylic oxidation sites excluding steroid dienone is 1. The van der Waals surface area contributed by atoms with Gasteiger partial charge in [-0.1, -0.05) is 12.8 Å². The molecule has 0 atom stereocenters. The molecule has 4 nitrogen and oxygen atoms in total. The molecule has 0 fully saturated rings. The van der Waals surface area contributed by atoms with Crippen LogP contribution in [0, 0.1) is 0 Å². The first-order valence-corrected chi connectivity index (χ1v) is 7.76. The van der Waals surface area contributed by atoms with Gasteiger partial charge >= 0.3 is 12.1 Å². The summed E-state index contributed by atoms with van der Waals surface area (Å²) in [4.78, 5) is 32.0. The second kappa shape index (κ2) is 12.8. The van der Waals surface area contributed by atoms with Gasteiger partial charge in [0, 0.05) is 19.3 Å². The van der Waals surface area contributed by atoms with Gasteiger partial charge in [-0.05, 0) is 38.2 Å². The number of alkyl halides is 3. The smallest absolute Gasteiger partial charge is 0.428 e. The van der Waals surface area contributed by atoms with Crippen molar-refractivity contribution in [3.63, 3.8) is 0 Å². The van der Waals surface area contributed by atoms with E-state index in [-0.39, 0.29) is 5.78 Å². The standard InChI is InChI=1S/C16H23F3O4/c17-16(18,19)15(22)23-13-9-5-1-2-6-10-14(21)11-7-3-4-8-12-20/h9,12-13H,1-8,10-11H2/b13-9+. The Morgan fingerprint density at radius 2 is 1.43 bits per heavy atom. The van der Waals surface area contributed by atoms with Crippen LogP contribution in [-0.2, 0) is 19.1 Å². The SMILES string of the molecule is O=CCCCCCC(=O)CCCCC/C=C/OC(=O)C(F)(F)F. The Labute approximate surface area is 134 Å². The molecule has 0 saturated carbocycles. The molecule has 0 saturated heterocycles. The molecule has 0 rings (SSSR count). The number of ether oxygens (including phenoxy) is 1. The van der Waals surface area contributed by atoms with Gasteiger partial charge < -0.3 is 9.53 Å². The van der Waals surface area contributed by atoms with E-state index < -0.39 is 12.1 Å². The molecule has 0 amide bonds. The fraction of sp³-hybridized carbons (Fsp3) is 0.688. The molecule has 0 aliphatic rings. The first-order valence-electron chi connectivity index (χ1n) is 7.76. The van der Waals surface area contributed by atoms with Crippen LogP contribution in [0.2, 0.25) is 0 Å². The van der Waals surface area contributed by atoms with Crippen LogP contribution in [0.5, 0.6) is 0 Å². The van der Waals surface area contributed by atoms with Gasteiger partial charge in [0.25, 0.3) is 0 Å². The Bertz CT molecular complexity index is 389. The van der Waals surface area contributed by atoms with E-state index in [0.29, 0.717) is 32.1 Å². The van der Waals surface area contributed by atoms with Gasteiger partial charge in [-0.2, -0.15) is 13.2 Å². The van der Waals surface area contributed by atoms with E-state index in [1.807, 2.05) is 0 Å². The third-order valence-corrected chi connectivity index (χ3v) is 3.11. The number of esters is 1. The minimum Gasteiger partial charge on any atom is -0.428 e. The minimum absolute atomic E-state index is 0.200. The topological polar surface area (TPSA) is 60.4 Å². The molecule has 132 valence electrons. The van der Waals surface area contributed by atoms with Gasteiger partial charge in [-0.3, -0.25) is 4.79 Å². The van der Waals surface area contributed by atoms with Crippen molar-refractivity contribution in [2.45, 2.75) is 70.4 Å². The van der Waals surface area contributed by atoms with Gasteiger partial charge in [0.2, 0.25) is 0 Å². The van der Waals surface area contributed by atoms with Gasteiger partial charge in [0.1, 0.15) is 12.1 Å². The molecule has 0 spiro atoms. The van der Waals surface area contributed by atoms with Crippen molar-refractivity contribution >= 4 is 18.0 Å². The summed E-state index contributed by atoms with van der Waals surface area (Å²) < 4.78 is 39.3. The van der Waals surface area contributed by atoms with E-state index in [2.05, 4.69) is 4.74 Å². The van der Waals surface area contributed by atoms with Crippen molar-refractivity contribution in [3.8, 4) is 0 Å². The number of carbonyl (C=O) groups excluding carboxylic acids is 3. The monoisotopic (exact) mass is 336 g/mol. The number of hydrogen-bond acceptors (Lipinski definition) is 4. The number of ketones is 1. The van der Waals surface area contributed by atoms with Crippen molar-refractivity contribution in [2.24, 2.45) is 0 Å². The number of carbonyl (C=O) groups is 3. The summed E-state index contributed by atoms with van der Waals surface area (Å²) in [5, 5.41) is 0. The molecule has 0 aromatic heterocycles. The van der Waals surface area contributed by atoms with Gasteiger partial charge in [0.05, 0.1) is 6.26 Å². The van der Waals surface area contributed by atoms with E-state index in [1.54, 1.807) is 0 Å². The predicted octanol–water partition coefficient (Wildman–Crippen LogP) is 4.27. The van der Waals surface area contributed by atoms with Gasteiger partial charge in [-0.15, -0.1) is 0 Å². The van der Waals surface area contributed by atoms with E-state index in [4.69, 9.17) is 0 Å². The summed E-state index contributed by atoms with van der Waals surface area (Å²) in [7, 11) is 0. The molecule has 23 heavy (non-hydrogen) atoms. The number of halogens is 3. The van der Waals surface area contributed by atoms with Crippen molar-refractivity contribution in [3.05, 3.63) is 12.3 Å². The Morgan fingerprint density at radius 1 is 0.870 bits per heavy atom. The molecule has 0 bridgehead atoms. The van der Waals surface area contributed by atoms with Crippen molar-refractivity contribution < 1.29 is 32.3 Å². The molecule has 0 aliphatic heterocycles. The first-order chi connectivity index (χ1) is 10.9. The lowest BCUT2D eigenvalue weighted by molar-refractivity contribution is -0.193. The summed E-state index contributed by atoms with van der Waals surface area (Å²) in [6.07, 6.45) is 4.83. The lowest BCUT2D eigenvalue weighted by atomic mass is 10.0. The maximum atomic E-state index is 11.8. The normalized spacial score (nSPS) is 11.6. The molecular weight excluding hydrogens is 313 g/mol. The van der Waals surface area contributed by atoms with Crippen LogP contribution in [0.4, 0.5) is 13.2 Å². The zero-order valence-electron chi connectivity index (χ0n) is 13.1. The predicted molar refractivity (Wildman–Crippen MR) is 78.5 cm³/mol. The third kappa shape index (κ3) is 13.7. The fourth-order valence-corrected chi connectivity index (χ4v) is 1.86. The highest BCUT2D eigenvalue weighted by molar-refractivity contribution is 5.78. The number of hydrogen-bond donors (Lipinski definition) is 0. The Balaban J connectivity index is 3.46. The number of unbranched alkanes of at least 4 members (excludes halogenated alkanes) is 6. The van der Waals surface area contributed by atoms with E-state index >= 15 is 0 Å². The molecule has 0 N–H and O–H groups in total. The largest absolute Gasteiger partial charge is 0.491 e. The quantitative estimate of drug-likeness (QED) is 0.218. The molecule has 0 aromatic rings. The van der Waals surface area contributed by atoms with Gasteiger partial charge in [0.15, 0.2) is 0 Å². The first kappa shape index (κ1) is 21.3. The molecule has 0 aliphatic carbocycles. The van der Waals surface area contributed by atoms with E-state index in [9.17, 15) is 27.6 Å². The van der Waals surface area contributed by atoms with Crippen LogP contribution in [0.25, 0.3) is 0 Å². The molecule has 0 unspecified atom stereocenters. The summed E-state index contributed by atoms with van der Waals surface area (Å²) in [6.45, 7) is 0. The molecular formula is C16H23F3O4. The lowest BCUT2D eigenvalue weighted by Crippen LogP contribution is -2.23. The van der Waals surface area contributed by atoms with Crippen LogP contribution >= 0.6 is 0 Å². The number of aldehydes is 1. The van der Waals surface area contributed by atoms with Gasteiger partial charge in [-0.25, -0.2) is 4.79 Å². The third-order valence-electron chi connectivity index (χ3n) is 3.11. The fourth-order valence-electron chi connectivity index (χ4n) is 1.86. The Morgan fingerprint density at radius 3 is 1.96 bits per heavy atom. The maximum absolute atomic E-state index is 11.8. The Hall–Kier alpha value is -1.66. The average molecular weight is 336 g/mol. The van der Waals surface area contributed by atoms with Crippen molar-refractivity contribution in [2.75, 3.05) is 0 Å². The second-order valence-electron chi connectivity index (χ2n) is 5.18. The van der Waals surface area contributed by atoms with Crippen LogP contribution in [0.3, 0.4) is 0 Å². The molecule has 0 heterocycles. The Kier molecular flexibility index (Phi) is 11.9. The average Bonchev–Trinajstić information content (AvgIpc) is 2.48. The van der Waals surface area contributed by atoms with Crippen LogP contribution in [0.15, 0.2) is 12.3 Å². The number of Topliss-reactive ketones (excluding diaryl/α,β-unsaturated/α-hetero) is 1. The summed E-state index contributed by atoms with van der Waals surface area (Å²) in [5.41, 5.74) is 0. The highest BCUT2D eigenvalue weighted by atomic mass is 19.4. The van der Waals surface area contributed by atoms with Crippen molar-refractivity contribution in [1.82, 2.24) is 0 Å².